The fourth-order valence-corrected chi connectivity index (χ4v) is 3.33. The molecule has 0 fully saturated rings. The molecule has 1 amide bonds. The molecule has 3 heterocycles. The summed E-state index contributed by atoms with van der Waals surface area (Å²) in [7, 11) is 0. The number of hydrogen-bond donors (Lipinski definition) is 2. The van der Waals surface area contributed by atoms with E-state index < -0.39 is 0 Å². The maximum Gasteiger partial charge on any atom is 0.253 e. The Morgan fingerprint density at radius 1 is 1.08 bits per heavy atom. The van der Waals surface area contributed by atoms with Crippen molar-refractivity contribution >= 4 is 41.3 Å². The number of amides is 1. The van der Waals surface area contributed by atoms with Crippen LogP contribution in [0.1, 0.15) is 27.3 Å². The number of carbonyl (C=O) groups excluding carboxylic acids is 1. The summed E-state index contributed by atoms with van der Waals surface area (Å²) in [5.41, 5.74) is 5.19. The molecule has 0 atom stereocenters. The average Bonchev–Trinajstić information content (AvgIpc) is 3.09. The molecule has 6 heteroatoms. The largest absolute Gasteiger partial charge is 0.358 e. The van der Waals surface area contributed by atoms with Crippen LogP contribution >= 0.6 is 23.2 Å². The molecule has 130 valence electrons. The van der Waals surface area contributed by atoms with Crippen molar-refractivity contribution in [3.8, 4) is 11.3 Å². The first-order chi connectivity index (χ1) is 12.6. The van der Waals surface area contributed by atoms with E-state index in [0.717, 1.165) is 34.6 Å². The van der Waals surface area contributed by atoms with Gasteiger partial charge in [-0.1, -0.05) is 29.3 Å². The Morgan fingerprint density at radius 2 is 1.96 bits per heavy atom. The minimum absolute atomic E-state index is 0.0291. The topological polar surface area (TPSA) is 57.8 Å². The number of pyridine rings is 1. The molecule has 0 saturated carbocycles. The number of rotatable bonds is 3. The van der Waals surface area contributed by atoms with Crippen molar-refractivity contribution in [2.45, 2.75) is 6.42 Å². The maximum atomic E-state index is 11.9. The lowest BCUT2D eigenvalue weighted by molar-refractivity contribution is 0.0946. The Balaban J connectivity index is 1.64. The number of nitrogens with zero attached hydrogens (tertiary/aromatic N) is 1. The van der Waals surface area contributed by atoms with E-state index in [-0.39, 0.29) is 5.91 Å². The van der Waals surface area contributed by atoms with Gasteiger partial charge in [0.05, 0.1) is 11.3 Å². The molecule has 1 aliphatic rings. The molecule has 3 aromatic rings. The molecule has 2 N–H and O–H groups in total. The van der Waals surface area contributed by atoms with E-state index in [1.54, 1.807) is 18.3 Å². The highest BCUT2D eigenvalue weighted by Gasteiger charge is 2.19. The maximum absolute atomic E-state index is 11.9. The highest BCUT2D eigenvalue weighted by molar-refractivity contribution is 6.34. The molecule has 0 unspecified atom stereocenters. The number of aromatic nitrogens is 2. The zero-order valence-corrected chi connectivity index (χ0v) is 15.2. The standard InChI is InChI=1S/C20H15Cl2N3O/c21-14-2-4-17(22)12(9-14)1-3-15-10-13(5-7-23-15)19-11-16-18(25-19)6-8-24-20(16)26/h1-5,7,9-11,25H,6,8H2,(H,24,26)/b3-1+. The molecular weight excluding hydrogens is 369 g/mol. The molecule has 0 radical (unpaired) electrons. The second-order valence-electron chi connectivity index (χ2n) is 6.05. The van der Waals surface area contributed by atoms with Crippen LogP contribution in [0.25, 0.3) is 23.4 Å². The fraction of sp³-hybridized carbons (Fsp3) is 0.100. The van der Waals surface area contributed by atoms with Crippen LogP contribution in [0.4, 0.5) is 0 Å². The van der Waals surface area contributed by atoms with Gasteiger partial charge in [0.2, 0.25) is 0 Å². The number of fused-ring (bicyclic) bond motifs is 1. The first-order valence-corrected chi connectivity index (χ1v) is 8.95. The molecule has 1 aliphatic heterocycles. The molecule has 0 bridgehead atoms. The summed E-state index contributed by atoms with van der Waals surface area (Å²) in [5, 5.41) is 4.12. The SMILES string of the molecule is O=C1NCCc2[nH]c(-c3ccnc(/C=C/c4cc(Cl)ccc4Cl)c3)cc21. The zero-order chi connectivity index (χ0) is 18.1. The lowest BCUT2D eigenvalue weighted by Crippen LogP contribution is -2.31. The third kappa shape index (κ3) is 3.39. The number of nitrogens with one attached hydrogen (secondary N) is 2. The molecule has 2 aromatic heterocycles. The third-order valence-corrected chi connectivity index (χ3v) is 4.87. The van der Waals surface area contributed by atoms with E-state index in [9.17, 15) is 4.79 Å². The normalized spacial score (nSPS) is 13.7. The van der Waals surface area contributed by atoms with Gasteiger partial charge >= 0.3 is 0 Å². The van der Waals surface area contributed by atoms with E-state index in [1.165, 1.54) is 0 Å². The van der Waals surface area contributed by atoms with E-state index in [2.05, 4.69) is 15.3 Å². The Labute approximate surface area is 160 Å². The van der Waals surface area contributed by atoms with Gasteiger partial charge in [0, 0.05) is 46.2 Å². The Hall–Kier alpha value is -2.56. The van der Waals surface area contributed by atoms with Gasteiger partial charge in [-0.05, 0) is 48.0 Å². The van der Waals surface area contributed by atoms with Crippen LogP contribution in [-0.4, -0.2) is 22.4 Å². The van der Waals surface area contributed by atoms with Gasteiger partial charge in [0.15, 0.2) is 0 Å². The first-order valence-electron chi connectivity index (χ1n) is 8.20. The smallest absolute Gasteiger partial charge is 0.253 e. The summed E-state index contributed by atoms with van der Waals surface area (Å²) in [6.45, 7) is 0.663. The lowest BCUT2D eigenvalue weighted by atomic mass is 10.1. The van der Waals surface area contributed by atoms with Crippen molar-refractivity contribution in [3.05, 3.63) is 75.2 Å². The van der Waals surface area contributed by atoms with Crippen molar-refractivity contribution in [1.82, 2.24) is 15.3 Å². The number of halogens is 2. The van der Waals surface area contributed by atoms with Crippen molar-refractivity contribution < 1.29 is 4.79 Å². The van der Waals surface area contributed by atoms with Gasteiger partial charge in [-0.3, -0.25) is 9.78 Å². The molecule has 0 saturated heterocycles. The van der Waals surface area contributed by atoms with E-state index >= 15 is 0 Å². The van der Waals surface area contributed by atoms with Crippen LogP contribution in [0.3, 0.4) is 0 Å². The first kappa shape index (κ1) is 16.9. The number of carbonyl (C=O) groups is 1. The Morgan fingerprint density at radius 3 is 2.81 bits per heavy atom. The van der Waals surface area contributed by atoms with Crippen LogP contribution in [-0.2, 0) is 6.42 Å². The second kappa shape index (κ2) is 6.98. The molecule has 1 aromatic carbocycles. The number of H-pyrrole nitrogens is 1. The quantitative estimate of drug-likeness (QED) is 0.679. The fourth-order valence-electron chi connectivity index (χ4n) is 2.97. The summed E-state index contributed by atoms with van der Waals surface area (Å²) in [5.74, 6) is -0.0291. The number of hydrogen-bond acceptors (Lipinski definition) is 2. The van der Waals surface area contributed by atoms with E-state index in [4.69, 9.17) is 23.2 Å². The van der Waals surface area contributed by atoms with Crippen molar-refractivity contribution in [2.24, 2.45) is 0 Å². The molecule has 0 spiro atoms. The van der Waals surface area contributed by atoms with Gasteiger partial charge in [-0.2, -0.15) is 0 Å². The summed E-state index contributed by atoms with van der Waals surface area (Å²) in [4.78, 5) is 19.7. The molecular formula is C20H15Cl2N3O. The Bertz CT molecular complexity index is 1020. The highest BCUT2D eigenvalue weighted by Crippen LogP contribution is 2.26. The zero-order valence-electron chi connectivity index (χ0n) is 13.7. The third-order valence-electron chi connectivity index (χ3n) is 4.29. The van der Waals surface area contributed by atoms with Crippen LogP contribution in [0.5, 0.6) is 0 Å². The molecule has 26 heavy (non-hydrogen) atoms. The van der Waals surface area contributed by atoms with Gasteiger partial charge in [-0.25, -0.2) is 0 Å². The predicted octanol–water partition coefficient (Wildman–Crippen LogP) is 4.84. The summed E-state index contributed by atoms with van der Waals surface area (Å²) in [6, 6.07) is 11.1. The molecule has 4 rings (SSSR count). The van der Waals surface area contributed by atoms with E-state index in [1.807, 2.05) is 36.4 Å². The summed E-state index contributed by atoms with van der Waals surface area (Å²) < 4.78 is 0. The Kier molecular flexibility index (Phi) is 4.53. The minimum atomic E-state index is -0.0291. The van der Waals surface area contributed by atoms with Crippen LogP contribution in [0, 0.1) is 0 Å². The average molecular weight is 384 g/mol. The summed E-state index contributed by atoms with van der Waals surface area (Å²) >= 11 is 12.2. The monoisotopic (exact) mass is 383 g/mol. The highest BCUT2D eigenvalue weighted by atomic mass is 35.5. The van der Waals surface area contributed by atoms with E-state index in [0.29, 0.717) is 22.2 Å². The van der Waals surface area contributed by atoms with Gasteiger partial charge in [0.1, 0.15) is 0 Å². The summed E-state index contributed by atoms with van der Waals surface area (Å²) in [6.07, 6.45) is 6.32. The minimum Gasteiger partial charge on any atom is -0.358 e. The predicted molar refractivity (Wildman–Crippen MR) is 105 cm³/mol. The molecule has 4 nitrogen and oxygen atoms in total. The van der Waals surface area contributed by atoms with Gasteiger partial charge in [0.25, 0.3) is 5.91 Å². The number of aromatic amines is 1. The van der Waals surface area contributed by atoms with Crippen LogP contribution in [0.2, 0.25) is 10.0 Å². The lowest BCUT2D eigenvalue weighted by Gasteiger charge is -2.10. The van der Waals surface area contributed by atoms with Crippen molar-refractivity contribution in [3.63, 3.8) is 0 Å². The van der Waals surface area contributed by atoms with Crippen molar-refractivity contribution in [1.29, 1.82) is 0 Å². The van der Waals surface area contributed by atoms with Crippen LogP contribution < -0.4 is 5.32 Å². The second-order valence-corrected chi connectivity index (χ2v) is 6.89. The van der Waals surface area contributed by atoms with Crippen molar-refractivity contribution in [2.75, 3.05) is 6.54 Å². The number of benzene rings is 1. The van der Waals surface area contributed by atoms with Gasteiger partial charge < -0.3 is 10.3 Å². The van der Waals surface area contributed by atoms with Crippen LogP contribution in [0.15, 0.2) is 42.6 Å². The van der Waals surface area contributed by atoms with Gasteiger partial charge in [-0.15, -0.1) is 0 Å². The molecule has 0 aliphatic carbocycles.